The van der Waals surface area contributed by atoms with Crippen molar-refractivity contribution in [2.24, 2.45) is 0 Å². The van der Waals surface area contributed by atoms with E-state index in [1.807, 2.05) is 31.5 Å². The van der Waals surface area contributed by atoms with E-state index < -0.39 is 0 Å². The largest absolute Gasteiger partial charge is 0.459 e. The maximum absolute atomic E-state index is 12.2. The lowest BCUT2D eigenvalue weighted by atomic mass is 10.2. The molecule has 0 fully saturated rings. The number of hydrogen-bond donors (Lipinski definition) is 0. The van der Waals surface area contributed by atoms with E-state index in [1.54, 1.807) is 31.9 Å². The van der Waals surface area contributed by atoms with Gasteiger partial charge in [0.25, 0.3) is 0 Å². The van der Waals surface area contributed by atoms with Crippen LogP contribution in [-0.4, -0.2) is 47.3 Å². The average molecular weight is 308 g/mol. The van der Waals surface area contributed by atoms with Gasteiger partial charge in [-0.05, 0) is 26.3 Å². The zero-order valence-electron chi connectivity index (χ0n) is 13.0. The van der Waals surface area contributed by atoms with Crippen LogP contribution >= 0.6 is 11.8 Å². The van der Waals surface area contributed by atoms with Gasteiger partial charge in [-0.25, -0.2) is 4.79 Å². The van der Waals surface area contributed by atoms with Crippen LogP contribution in [0.3, 0.4) is 0 Å². The van der Waals surface area contributed by atoms with E-state index in [9.17, 15) is 9.59 Å². The van der Waals surface area contributed by atoms with Gasteiger partial charge in [-0.3, -0.25) is 4.79 Å². The van der Waals surface area contributed by atoms with Crippen LogP contribution in [0.4, 0.5) is 0 Å². The van der Waals surface area contributed by atoms with E-state index in [1.165, 1.54) is 4.90 Å². The number of likely N-dealkylation sites (N-methyl/N-ethyl adjacent to an activating group) is 1. The summed E-state index contributed by atoms with van der Waals surface area (Å²) in [6, 6.07) is 0. The van der Waals surface area contributed by atoms with Crippen LogP contribution in [0.1, 0.15) is 29.8 Å². The summed E-state index contributed by atoms with van der Waals surface area (Å²) < 4.78 is 7.21. The number of carbonyl (C=O) groups is 2. The number of nitrogens with zero attached hydrogens (tertiary/aromatic N) is 2. The monoisotopic (exact) mass is 308 g/mol. The molecule has 0 atom stereocenters. The van der Waals surface area contributed by atoms with Crippen LogP contribution in [0, 0.1) is 6.92 Å². The molecule has 0 spiro atoms. The lowest BCUT2D eigenvalue weighted by molar-refractivity contribution is -0.123. The number of rotatable bonds is 3. The third-order valence-electron chi connectivity index (χ3n) is 3.09. The first-order chi connectivity index (χ1) is 9.81. The third kappa shape index (κ3) is 3.15. The zero-order chi connectivity index (χ0) is 15.7. The van der Waals surface area contributed by atoms with E-state index >= 15 is 0 Å². The van der Waals surface area contributed by atoms with Gasteiger partial charge in [-0.1, -0.05) is 0 Å². The van der Waals surface area contributed by atoms with Crippen molar-refractivity contribution in [3.05, 3.63) is 23.4 Å². The predicted octanol–water partition coefficient (Wildman–Crippen LogP) is 2.40. The maximum atomic E-state index is 12.2. The fourth-order valence-electron chi connectivity index (χ4n) is 2.08. The van der Waals surface area contributed by atoms with Gasteiger partial charge in [-0.15, -0.1) is 11.8 Å². The normalized spacial score (nSPS) is 15.4. The van der Waals surface area contributed by atoms with Gasteiger partial charge in [0.15, 0.2) is 0 Å². The molecule has 0 N–H and O–H groups in total. The maximum Gasteiger partial charge on any atom is 0.341 e. The Morgan fingerprint density at radius 3 is 2.67 bits per heavy atom. The highest BCUT2D eigenvalue weighted by Gasteiger charge is 2.28. The Kier molecular flexibility index (Phi) is 4.46. The molecule has 1 aliphatic heterocycles. The smallest absolute Gasteiger partial charge is 0.341 e. The Labute approximate surface area is 128 Å². The molecule has 0 bridgehead atoms. The minimum Gasteiger partial charge on any atom is -0.459 e. The summed E-state index contributed by atoms with van der Waals surface area (Å²) in [6.45, 7) is 5.55. The van der Waals surface area contributed by atoms with Gasteiger partial charge in [0, 0.05) is 37.8 Å². The van der Waals surface area contributed by atoms with Crippen LogP contribution in [0.5, 0.6) is 0 Å². The van der Waals surface area contributed by atoms with Crippen LogP contribution < -0.4 is 0 Å². The lowest BCUT2D eigenvalue weighted by Crippen LogP contribution is -2.19. The Morgan fingerprint density at radius 1 is 1.43 bits per heavy atom. The minimum absolute atomic E-state index is 0.0592. The van der Waals surface area contributed by atoms with Crippen molar-refractivity contribution in [3.8, 4) is 0 Å². The number of aromatic nitrogens is 1. The molecule has 114 valence electrons. The number of fused-ring (bicyclic) bond motifs is 1. The molecule has 0 saturated heterocycles. The molecule has 6 heteroatoms. The van der Waals surface area contributed by atoms with Crippen LogP contribution in [-0.2, 0) is 9.53 Å². The fraction of sp³-hybridized carbons (Fsp3) is 0.467. The molecule has 0 radical (unpaired) electrons. The second-order valence-electron chi connectivity index (χ2n) is 5.47. The second kappa shape index (κ2) is 5.97. The molecule has 21 heavy (non-hydrogen) atoms. The highest BCUT2D eigenvalue weighted by atomic mass is 32.2. The summed E-state index contributed by atoms with van der Waals surface area (Å²) in [5.74, 6) is 0.317. The number of hydrogen-bond acceptors (Lipinski definition) is 4. The van der Waals surface area contributed by atoms with Gasteiger partial charge in [0.05, 0.1) is 16.7 Å². The fourth-order valence-corrected chi connectivity index (χ4v) is 3.28. The first-order valence-electron chi connectivity index (χ1n) is 6.79. The van der Waals surface area contributed by atoms with Gasteiger partial charge in [0.2, 0.25) is 5.91 Å². The number of amides is 1. The summed E-state index contributed by atoms with van der Waals surface area (Å²) in [4.78, 5) is 25.5. The molecule has 2 rings (SSSR count). The summed E-state index contributed by atoms with van der Waals surface area (Å²) in [5.41, 5.74) is 2.36. The number of ether oxygens (including phenoxy) is 1. The van der Waals surface area contributed by atoms with Crippen molar-refractivity contribution < 1.29 is 14.3 Å². The molecule has 1 aromatic heterocycles. The first kappa shape index (κ1) is 15.7. The molecule has 1 aromatic rings. The molecular formula is C15H20N2O3S. The molecule has 0 saturated carbocycles. The van der Waals surface area contributed by atoms with Crippen molar-refractivity contribution in [1.29, 1.82) is 0 Å². The Bertz CT molecular complexity index is 615. The second-order valence-corrected chi connectivity index (χ2v) is 6.44. The average Bonchev–Trinajstić information content (AvgIpc) is 2.87. The van der Waals surface area contributed by atoms with Gasteiger partial charge >= 0.3 is 5.97 Å². The van der Waals surface area contributed by atoms with E-state index in [4.69, 9.17) is 4.74 Å². The molecule has 5 nitrogen and oxygen atoms in total. The number of aryl methyl sites for hydroxylation is 1. The molecule has 2 heterocycles. The Balaban J connectivity index is 2.36. The number of thioether (sulfide) groups is 1. The number of esters is 1. The minimum atomic E-state index is -0.302. The Morgan fingerprint density at radius 2 is 2.10 bits per heavy atom. The zero-order valence-corrected chi connectivity index (χ0v) is 13.8. The van der Waals surface area contributed by atoms with Crippen molar-refractivity contribution in [2.75, 3.05) is 19.8 Å². The van der Waals surface area contributed by atoms with E-state index in [2.05, 4.69) is 0 Å². The number of carbonyl (C=O) groups excluding carboxylic acids is 2. The first-order valence-corrected chi connectivity index (χ1v) is 7.77. The highest BCUT2D eigenvalue weighted by Crippen LogP contribution is 2.38. The van der Waals surface area contributed by atoms with Crippen molar-refractivity contribution in [3.63, 3.8) is 0 Å². The summed E-state index contributed by atoms with van der Waals surface area (Å²) >= 11 is 1.56. The summed E-state index contributed by atoms with van der Waals surface area (Å²) in [5, 5.41) is 0.857. The molecule has 0 unspecified atom stereocenters. The van der Waals surface area contributed by atoms with Gasteiger partial charge in [0.1, 0.15) is 0 Å². The third-order valence-corrected chi connectivity index (χ3v) is 4.21. The van der Waals surface area contributed by atoms with Crippen molar-refractivity contribution in [1.82, 2.24) is 9.47 Å². The summed E-state index contributed by atoms with van der Waals surface area (Å²) in [7, 11) is 3.43. The molecule has 0 aromatic carbocycles. The molecular weight excluding hydrogens is 288 g/mol. The standard InChI is InChI=1S/C15H20N2O3S/c1-9(2)20-15(19)13-10(3)7-17-11(8-21-14(13)17)6-12(18)16(4)5/h6-7,9H,8H2,1-5H3/b11-6-. The van der Waals surface area contributed by atoms with Gasteiger partial charge in [-0.2, -0.15) is 0 Å². The van der Waals surface area contributed by atoms with Crippen molar-refractivity contribution >= 4 is 29.3 Å². The quantitative estimate of drug-likeness (QED) is 0.635. The highest BCUT2D eigenvalue weighted by molar-refractivity contribution is 8.00. The van der Waals surface area contributed by atoms with E-state index in [0.29, 0.717) is 11.3 Å². The van der Waals surface area contributed by atoms with Crippen LogP contribution in [0.2, 0.25) is 0 Å². The lowest BCUT2D eigenvalue weighted by Gasteiger charge is -2.08. The SMILES string of the molecule is Cc1cn2c(c1C(=O)OC(C)C)SC/C2=C/C(=O)N(C)C. The van der Waals surface area contributed by atoms with Gasteiger partial charge < -0.3 is 14.2 Å². The predicted molar refractivity (Wildman–Crippen MR) is 83.4 cm³/mol. The summed E-state index contributed by atoms with van der Waals surface area (Å²) in [6.07, 6.45) is 3.35. The van der Waals surface area contributed by atoms with Crippen LogP contribution in [0.15, 0.2) is 17.3 Å². The topological polar surface area (TPSA) is 51.5 Å². The van der Waals surface area contributed by atoms with Crippen molar-refractivity contribution in [2.45, 2.75) is 31.9 Å². The molecule has 0 aliphatic carbocycles. The van der Waals surface area contributed by atoms with E-state index in [0.717, 1.165) is 16.3 Å². The van der Waals surface area contributed by atoms with Crippen LogP contribution in [0.25, 0.3) is 5.70 Å². The van der Waals surface area contributed by atoms with E-state index in [-0.39, 0.29) is 18.0 Å². The molecule has 1 amide bonds. The Hall–Kier alpha value is -1.69. The molecule has 1 aliphatic rings.